The highest BCUT2D eigenvalue weighted by atomic mass is 16.5. The van der Waals surface area contributed by atoms with Gasteiger partial charge in [0.1, 0.15) is 5.69 Å². The molecule has 1 atom stereocenters. The second-order valence-electron chi connectivity index (χ2n) is 6.35. The molecule has 130 valence electrons. The van der Waals surface area contributed by atoms with Gasteiger partial charge in [-0.2, -0.15) is 0 Å². The van der Waals surface area contributed by atoms with Crippen LogP contribution in [0.15, 0.2) is 24.0 Å². The second kappa shape index (κ2) is 7.11. The van der Waals surface area contributed by atoms with E-state index < -0.39 is 0 Å². The van der Waals surface area contributed by atoms with E-state index in [-0.39, 0.29) is 17.9 Å². The van der Waals surface area contributed by atoms with Crippen LogP contribution >= 0.6 is 0 Å². The van der Waals surface area contributed by atoms with E-state index in [1.54, 1.807) is 7.05 Å². The number of nitrogens with one attached hydrogen (secondary N) is 1. The van der Waals surface area contributed by atoms with Crippen molar-refractivity contribution in [2.75, 3.05) is 20.2 Å². The van der Waals surface area contributed by atoms with Crippen molar-refractivity contribution in [3.8, 4) is 0 Å². The number of aromatic nitrogens is 1. The first-order valence-electron chi connectivity index (χ1n) is 8.65. The Bertz CT molecular complexity index is 662. The summed E-state index contributed by atoms with van der Waals surface area (Å²) >= 11 is 0. The van der Waals surface area contributed by atoms with Crippen LogP contribution in [0.4, 0.5) is 0 Å². The molecule has 1 fully saturated rings. The number of ether oxygens (including phenoxy) is 1. The zero-order chi connectivity index (χ0) is 17.1. The number of likely N-dealkylation sites (tertiary alicyclic amines) is 1. The van der Waals surface area contributed by atoms with Gasteiger partial charge >= 0.3 is 0 Å². The number of allylic oxidation sites excluding steroid dienone is 1. The molecule has 0 aliphatic carbocycles. The molecule has 6 heteroatoms. The number of nitrogens with zero attached hydrogens (tertiary/aromatic N) is 2. The molecule has 2 aliphatic rings. The average molecular weight is 331 g/mol. The number of carbonyl (C=O) groups excluding carboxylic acids is 2. The van der Waals surface area contributed by atoms with Gasteiger partial charge in [0, 0.05) is 26.3 Å². The Kier molecular flexibility index (Phi) is 4.92. The molecule has 0 aromatic carbocycles. The van der Waals surface area contributed by atoms with Gasteiger partial charge in [-0.25, -0.2) is 0 Å². The normalized spacial score (nSPS) is 21.0. The number of amides is 2. The number of carbonyl (C=O) groups is 2. The van der Waals surface area contributed by atoms with E-state index >= 15 is 0 Å². The first kappa shape index (κ1) is 16.6. The molecule has 1 aromatic rings. The molecule has 1 saturated heterocycles. The van der Waals surface area contributed by atoms with Gasteiger partial charge in [0.25, 0.3) is 11.8 Å². The first-order chi connectivity index (χ1) is 11.6. The van der Waals surface area contributed by atoms with Crippen LogP contribution in [0.1, 0.15) is 54.3 Å². The molecule has 0 saturated carbocycles. The smallest absolute Gasteiger partial charge is 0.289 e. The monoisotopic (exact) mass is 331 g/mol. The molecule has 6 nitrogen and oxygen atoms in total. The van der Waals surface area contributed by atoms with E-state index in [9.17, 15) is 9.59 Å². The SMILES string of the molecule is CNC(=O)c1ccc(C2CCCCN2C(=O)C2=CCCCO2)n1C. The summed E-state index contributed by atoms with van der Waals surface area (Å²) < 4.78 is 7.46. The van der Waals surface area contributed by atoms with Crippen molar-refractivity contribution in [2.24, 2.45) is 7.05 Å². The maximum Gasteiger partial charge on any atom is 0.289 e. The van der Waals surface area contributed by atoms with Crippen molar-refractivity contribution < 1.29 is 14.3 Å². The summed E-state index contributed by atoms with van der Waals surface area (Å²) in [5.74, 6) is 0.340. The van der Waals surface area contributed by atoms with Gasteiger partial charge < -0.3 is 19.5 Å². The molecule has 0 spiro atoms. The lowest BCUT2D eigenvalue weighted by Gasteiger charge is -2.36. The van der Waals surface area contributed by atoms with Crippen molar-refractivity contribution in [2.45, 2.75) is 38.1 Å². The summed E-state index contributed by atoms with van der Waals surface area (Å²) in [6.45, 7) is 1.34. The van der Waals surface area contributed by atoms with Gasteiger partial charge in [-0.3, -0.25) is 9.59 Å². The minimum atomic E-state index is -0.115. The Labute approximate surface area is 142 Å². The molecule has 3 rings (SSSR count). The van der Waals surface area contributed by atoms with Gasteiger partial charge in [-0.15, -0.1) is 0 Å². The van der Waals surface area contributed by atoms with Crippen LogP contribution < -0.4 is 5.32 Å². The van der Waals surface area contributed by atoms with Crippen molar-refractivity contribution in [3.63, 3.8) is 0 Å². The Balaban J connectivity index is 1.87. The van der Waals surface area contributed by atoms with Gasteiger partial charge in [0.15, 0.2) is 5.76 Å². The minimum Gasteiger partial charge on any atom is -0.488 e. The van der Waals surface area contributed by atoms with E-state index in [4.69, 9.17) is 4.74 Å². The first-order valence-corrected chi connectivity index (χ1v) is 8.65. The summed E-state index contributed by atoms with van der Waals surface area (Å²) in [4.78, 5) is 26.7. The largest absolute Gasteiger partial charge is 0.488 e. The highest BCUT2D eigenvalue weighted by Gasteiger charge is 2.33. The molecule has 0 radical (unpaired) electrons. The van der Waals surface area contributed by atoms with E-state index in [1.165, 1.54) is 0 Å². The molecule has 2 aliphatic heterocycles. The Morgan fingerprint density at radius 3 is 2.79 bits per heavy atom. The molecule has 3 heterocycles. The number of piperidine rings is 1. The third-order valence-corrected chi connectivity index (χ3v) is 4.87. The maximum atomic E-state index is 12.9. The van der Waals surface area contributed by atoms with Gasteiger partial charge in [-0.1, -0.05) is 0 Å². The fraction of sp³-hybridized carbons (Fsp3) is 0.556. The van der Waals surface area contributed by atoms with Crippen LogP contribution in [0.3, 0.4) is 0 Å². The Hall–Kier alpha value is -2.24. The van der Waals surface area contributed by atoms with Crippen molar-refractivity contribution in [3.05, 3.63) is 35.4 Å². The van der Waals surface area contributed by atoms with Gasteiger partial charge in [0.2, 0.25) is 0 Å². The van der Waals surface area contributed by atoms with E-state index in [0.29, 0.717) is 18.1 Å². The molecule has 24 heavy (non-hydrogen) atoms. The minimum absolute atomic E-state index is 0.0129. The second-order valence-corrected chi connectivity index (χ2v) is 6.35. The summed E-state index contributed by atoms with van der Waals surface area (Å²) in [6, 6.07) is 3.76. The highest BCUT2D eigenvalue weighted by Crippen LogP contribution is 2.33. The molecular weight excluding hydrogens is 306 g/mol. The fourth-order valence-electron chi connectivity index (χ4n) is 3.55. The van der Waals surface area contributed by atoms with Gasteiger partial charge in [0.05, 0.1) is 12.6 Å². The van der Waals surface area contributed by atoms with Crippen molar-refractivity contribution in [1.29, 1.82) is 0 Å². The summed E-state index contributed by atoms with van der Waals surface area (Å²) in [7, 11) is 3.51. The molecule has 0 bridgehead atoms. The average Bonchev–Trinajstić information content (AvgIpc) is 3.02. The van der Waals surface area contributed by atoms with Gasteiger partial charge in [-0.05, 0) is 50.3 Å². The fourth-order valence-corrected chi connectivity index (χ4v) is 3.55. The quantitative estimate of drug-likeness (QED) is 0.923. The molecule has 1 unspecified atom stereocenters. The lowest BCUT2D eigenvalue weighted by atomic mass is 9.98. The van der Waals surface area contributed by atoms with Crippen LogP contribution in [0.5, 0.6) is 0 Å². The Morgan fingerprint density at radius 2 is 2.08 bits per heavy atom. The summed E-state index contributed by atoms with van der Waals surface area (Å²) in [5, 5.41) is 2.65. The zero-order valence-electron chi connectivity index (χ0n) is 14.4. The van der Waals surface area contributed by atoms with Crippen molar-refractivity contribution >= 4 is 11.8 Å². The third kappa shape index (κ3) is 3.05. The lowest BCUT2D eigenvalue weighted by Crippen LogP contribution is -2.41. The molecule has 2 amide bonds. The lowest BCUT2D eigenvalue weighted by molar-refractivity contribution is -0.135. The number of hydrogen-bond acceptors (Lipinski definition) is 3. The van der Waals surface area contributed by atoms with E-state index in [2.05, 4.69) is 5.32 Å². The molecule has 1 aromatic heterocycles. The van der Waals surface area contributed by atoms with Crippen LogP contribution in [-0.4, -0.2) is 41.5 Å². The summed E-state index contributed by atoms with van der Waals surface area (Å²) in [6.07, 6.45) is 6.75. The van der Waals surface area contributed by atoms with E-state index in [0.717, 1.165) is 44.3 Å². The Morgan fingerprint density at radius 1 is 1.25 bits per heavy atom. The maximum absolute atomic E-state index is 12.9. The summed E-state index contributed by atoms with van der Waals surface area (Å²) in [5.41, 5.74) is 1.61. The molecular formula is C18H25N3O3. The van der Waals surface area contributed by atoms with Crippen LogP contribution in [0.25, 0.3) is 0 Å². The highest BCUT2D eigenvalue weighted by molar-refractivity contribution is 5.93. The van der Waals surface area contributed by atoms with E-state index in [1.807, 2.05) is 34.7 Å². The predicted octanol–water partition coefficient (Wildman–Crippen LogP) is 2.13. The topological polar surface area (TPSA) is 63.6 Å². The van der Waals surface area contributed by atoms with Crippen LogP contribution in [0, 0.1) is 0 Å². The number of hydrogen-bond donors (Lipinski definition) is 1. The van der Waals surface area contributed by atoms with Crippen LogP contribution in [-0.2, 0) is 16.6 Å². The van der Waals surface area contributed by atoms with Crippen molar-refractivity contribution in [1.82, 2.24) is 14.8 Å². The van der Waals surface area contributed by atoms with Crippen LogP contribution in [0.2, 0.25) is 0 Å². The third-order valence-electron chi connectivity index (χ3n) is 4.87. The standard InChI is InChI=1S/C18H25N3O3/c1-19-17(22)15-10-9-13(20(15)2)14-7-3-5-11-21(14)18(23)16-8-4-6-12-24-16/h8-10,14H,3-7,11-12H2,1-2H3,(H,19,22). The number of rotatable bonds is 3. The molecule has 1 N–H and O–H groups in total. The predicted molar refractivity (Wildman–Crippen MR) is 90.4 cm³/mol. The zero-order valence-corrected chi connectivity index (χ0v) is 14.4.